The molecule has 0 nitrogen and oxygen atoms in total. The molecule has 16 heavy (non-hydrogen) atoms. The van der Waals surface area contributed by atoms with Gasteiger partial charge in [-0.15, -0.1) is 0 Å². The summed E-state index contributed by atoms with van der Waals surface area (Å²) in [6.45, 7) is 0. The lowest BCUT2D eigenvalue weighted by Gasteiger charge is -2.15. The van der Waals surface area contributed by atoms with Gasteiger partial charge in [-0.1, -0.05) is 37.8 Å². The van der Waals surface area contributed by atoms with Crippen molar-refractivity contribution < 1.29 is 13.2 Å². The first kappa shape index (κ1) is 11.5. The van der Waals surface area contributed by atoms with Crippen LogP contribution in [-0.4, -0.2) is 0 Å². The number of rotatable bonds is 2. The predicted molar refractivity (Wildman–Crippen MR) is 55.9 cm³/mol. The van der Waals surface area contributed by atoms with Crippen LogP contribution in [-0.2, 0) is 12.6 Å². The van der Waals surface area contributed by atoms with Gasteiger partial charge < -0.3 is 0 Å². The van der Waals surface area contributed by atoms with Crippen molar-refractivity contribution in [2.45, 2.75) is 38.3 Å². The second-order valence-corrected chi connectivity index (χ2v) is 4.41. The zero-order chi connectivity index (χ0) is 11.6. The summed E-state index contributed by atoms with van der Waals surface area (Å²) in [5, 5.41) is 0. The average molecular weight is 227 g/mol. The fourth-order valence-corrected chi connectivity index (χ4v) is 2.41. The van der Waals surface area contributed by atoms with Crippen LogP contribution in [0.2, 0.25) is 0 Å². The molecule has 1 saturated carbocycles. The van der Waals surface area contributed by atoms with E-state index in [0.29, 0.717) is 17.9 Å². The minimum atomic E-state index is -4.24. The number of alkyl halides is 3. The van der Waals surface area contributed by atoms with Crippen LogP contribution in [0.5, 0.6) is 0 Å². The number of halogens is 3. The molecule has 1 fully saturated rings. The largest absolute Gasteiger partial charge is 0.416 e. The number of hydrogen-bond acceptors (Lipinski definition) is 0. The van der Waals surface area contributed by atoms with E-state index in [-0.39, 0.29) is 0 Å². The van der Waals surface area contributed by atoms with Crippen molar-refractivity contribution in [1.29, 1.82) is 0 Å². The highest BCUT2D eigenvalue weighted by Crippen LogP contribution is 2.35. The van der Waals surface area contributed by atoms with Gasteiger partial charge in [-0.25, -0.2) is 0 Å². The van der Waals surface area contributed by atoms with Crippen molar-refractivity contribution in [3.63, 3.8) is 0 Å². The molecule has 1 aromatic rings. The van der Waals surface area contributed by atoms with Gasteiger partial charge in [0, 0.05) is 0 Å². The first-order valence-corrected chi connectivity index (χ1v) is 5.64. The lowest BCUT2D eigenvalue weighted by Crippen LogP contribution is -2.11. The highest BCUT2D eigenvalue weighted by molar-refractivity contribution is 5.29. The van der Waals surface area contributed by atoms with Crippen molar-refractivity contribution in [2.24, 2.45) is 5.92 Å². The highest BCUT2D eigenvalue weighted by Gasteiger charge is 2.33. The van der Waals surface area contributed by atoms with Crippen LogP contribution in [0.4, 0.5) is 13.2 Å². The smallest absolute Gasteiger partial charge is 0.166 e. The van der Waals surface area contributed by atoms with Crippen molar-refractivity contribution in [3.8, 4) is 0 Å². The predicted octanol–water partition coefficient (Wildman–Crippen LogP) is 4.24. The van der Waals surface area contributed by atoms with Gasteiger partial charge in [0.25, 0.3) is 0 Å². The molecule has 1 radical (unpaired) electrons. The molecule has 0 bridgehead atoms. The molecule has 0 spiro atoms. The Hall–Kier alpha value is -0.990. The third-order valence-corrected chi connectivity index (χ3v) is 3.21. The van der Waals surface area contributed by atoms with Gasteiger partial charge in [-0.05, 0) is 30.0 Å². The van der Waals surface area contributed by atoms with Crippen LogP contribution in [0.15, 0.2) is 18.2 Å². The molecule has 0 N–H and O–H groups in total. The van der Waals surface area contributed by atoms with Gasteiger partial charge in [0.1, 0.15) is 0 Å². The molecule has 0 aromatic heterocycles. The van der Waals surface area contributed by atoms with E-state index in [1.54, 1.807) is 6.07 Å². The maximum absolute atomic E-state index is 12.7. The Morgan fingerprint density at radius 2 is 1.94 bits per heavy atom. The molecule has 0 aliphatic heterocycles. The summed E-state index contributed by atoms with van der Waals surface area (Å²) in [6, 6.07) is 6.88. The highest BCUT2D eigenvalue weighted by atomic mass is 19.4. The third kappa shape index (κ3) is 2.57. The molecule has 0 amide bonds. The molecule has 0 heterocycles. The Morgan fingerprint density at radius 1 is 1.25 bits per heavy atom. The molecule has 0 unspecified atom stereocenters. The van der Waals surface area contributed by atoms with E-state index < -0.39 is 11.7 Å². The normalized spacial score (nSPS) is 17.9. The summed E-state index contributed by atoms with van der Waals surface area (Å²) in [7, 11) is 0. The molecule has 0 atom stereocenters. The Labute approximate surface area is 93.5 Å². The second kappa shape index (κ2) is 4.48. The Morgan fingerprint density at radius 3 is 2.56 bits per heavy atom. The molecular formula is C13H14F3. The van der Waals surface area contributed by atoms with Gasteiger partial charge in [-0.2, -0.15) is 13.2 Å². The SMILES string of the molecule is FC(F)(F)c1ccc[c]c1CC1CCCC1. The minimum absolute atomic E-state index is 0.335. The molecule has 87 valence electrons. The van der Waals surface area contributed by atoms with Crippen LogP contribution in [0.1, 0.15) is 36.8 Å². The molecular weight excluding hydrogens is 213 g/mol. The Bertz CT molecular complexity index is 348. The molecule has 1 aromatic carbocycles. The van der Waals surface area contributed by atoms with Crippen molar-refractivity contribution >= 4 is 0 Å². The maximum atomic E-state index is 12.7. The third-order valence-electron chi connectivity index (χ3n) is 3.21. The fourth-order valence-electron chi connectivity index (χ4n) is 2.41. The van der Waals surface area contributed by atoms with Gasteiger partial charge in [0.05, 0.1) is 5.56 Å². The lowest BCUT2D eigenvalue weighted by atomic mass is 9.94. The van der Waals surface area contributed by atoms with Crippen molar-refractivity contribution in [3.05, 3.63) is 35.4 Å². The summed E-state index contributed by atoms with van der Waals surface area (Å²) in [5.41, 5.74) is -0.177. The minimum Gasteiger partial charge on any atom is -0.166 e. The number of benzene rings is 1. The first-order valence-electron chi connectivity index (χ1n) is 5.64. The van der Waals surface area contributed by atoms with E-state index in [9.17, 15) is 13.2 Å². The van der Waals surface area contributed by atoms with Crippen LogP contribution >= 0.6 is 0 Å². The monoisotopic (exact) mass is 227 g/mol. The van der Waals surface area contributed by atoms with E-state index in [2.05, 4.69) is 6.07 Å². The van der Waals surface area contributed by atoms with Gasteiger partial charge in [0.2, 0.25) is 0 Å². The first-order chi connectivity index (χ1) is 7.57. The molecule has 3 heteroatoms. The molecule has 2 rings (SSSR count). The Kier molecular flexibility index (Phi) is 3.22. The van der Waals surface area contributed by atoms with Gasteiger partial charge in [0.15, 0.2) is 0 Å². The maximum Gasteiger partial charge on any atom is 0.416 e. The topological polar surface area (TPSA) is 0 Å². The number of hydrogen-bond donors (Lipinski definition) is 0. The zero-order valence-corrected chi connectivity index (χ0v) is 8.98. The average Bonchev–Trinajstić information content (AvgIpc) is 2.70. The second-order valence-electron chi connectivity index (χ2n) is 4.41. The van der Waals surface area contributed by atoms with Crippen LogP contribution < -0.4 is 0 Å². The zero-order valence-electron chi connectivity index (χ0n) is 8.98. The van der Waals surface area contributed by atoms with Gasteiger partial charge in [-0.3, -0.25) is 0 Å². The van der Waals surface area contributed by atoms with E-state index in [0.717, 1.165) is 31.7 Å². The summed E-state index contributed by atoms with van der Waals surface area (Å²) in [4.78, 5) is 0. The summed E-state index contributed by atoms with van der Waals surface area (Å²) in [6.07, 6.45) is 0.694. The fraction of sp³-hybridized carbons (Fsp3) is 0.538. The van der Waals surface area contributed by atoms with Crippen molar-refractivity contribution in [2.75, 3.05) is 0 Å². The van der Waals surface area contributed by atoms with Crippen LogP contribution in [0, 0.1) is 12.0 Å². The summed E-state index contributed by atoms with van der Waals surface area (Å²) in [5.74, 6) is 0.416. The summed E-state index contributed by atoms with van der Waals surface area (Å²) >= 11 is 0. The van der Waals surface area contributed by atoms with E-state index in [1.807, 2.05) is 0 Å². The van der Waals surface area contributed by atoms with Crippen molar-refractivity contribution in [1.82, 2.24) is 0 Å². The quantitative estimate of drug-likeness (QED) is 0.709. The molecule has 1 aliphatic carbocycles. The van der Waals surface area contributed by atoms with E-state index in [4.69, 9.17) is 0 Å². The molecule has 1 aliphatic rings. The van der Waals surface area contributed by atoms with E-state index in [1.165, 1.54) is 6.07 Å². The van der Waals surface area contributed by atoms with Crippen LogP contribution in [0.25, 0.3) is 0 Å². The standard InChI is InChI=1S/C13H14F3/c14-13(15,16)12-8-4-3-7-11(12)9-10-5-1-2-6-10/h3-4,8,10H,1-2,5-6,9H2. The lowest BCUT2D eigenvalue weighted by molar-refractivity contribution is -0.138. The van der Waals surface area contributed by atoms with E-state index >= 15 is 0 Å². The Balaban J connectivity index is 2.19. The summed E-state index contributed by atoms with van der Waals surface area (Å²) < 4.78 is 38.1. The van der Waals surface area contributed by atoms with Crippen LogP contribution in [0.3, 0.4) is 0 Å². The molecule has 0 saturated heterocycles. The van der Waals surface area contributed by atoms with Gasteiger partial charge >= 0.3 is 6.18 Å².